The molecule has 4 nitrogen and oxygen atoms in total. The van der Waals surface area contributed by atoms with Gasteiger partial charge in [0.05, 0.1) is 11.1 Å². The monoisotopic (exact) mass is 366 g/mol. The van der Waals surface area contributed by atoms with Crippen LogP contribution in [0.25, 0.3) is 11.1 Å². The summed E-state index contributed by atoms with van der Waals surface area (Å²) in [4.78, 5) is 23.3. The largest absolute Gasteiger partial charge is 0.478 e. The first-order chi connectivity index (χ1) is 10.3. The molecule has 0 aliphatic rings. The Morgan fingerprint density at radius 3 is 1.91 bits per heavy atom. The van der Waals surface area contributed by atoms with Crippen molar-refractivity contribution in [2.24, 2.45) is 0 Å². The lowest BCUT2D eigenvalue weighted by Gasteiger charge is -2.17. The van der Waals surface area contributed by atoms with E-state index in [1.54, 1.807) is 13.8 Å². The zero-order valence-electron chi connectivity index (χ0n) is 11.8. The van der Waals surface area contributed by atoms with Gasteiger partial charge in [0, 0.05) is 10.0 Å². The summed E-state index contributed by atoms with van der Waals surface area (Å²) in [7, 11) is 0. The molecule has 6 heteroatoms. The molecule has 0 saturated heterocycles. The van der Waals surface area contributed by atoms with E-state index < -0.39 is 17.8 Å². The lowest BCUT2D eigenvalue weighted by molar-refractivity contribution is 0.0695. The minimum Gasteiger partial charge on any atom is -0.478 e. The Morgan fingerprint density at radius 2 is 1.45 bits per heavy atom. The van der Waals surface area contributed by atoms with Gasteiger partial charge in [0.25, 0.3) is 0 Å². The second-order valence-corrected chi connectivity index (χ2v) is 5.60. The summed E-state index contributed by atoms with van der Waals surface area (Å²) in [5, 5.41) is 19.0. The van der Waals surface area contributed by atoms with Crippen molar-refractivity contribution in [2.75, 3.05) is 0 Å². The Bertz CT molecular complexity index is 741. The Kier molecular flexibility index (Phi) is 4.32. The van der Waals surface area contributed by atoms with Crippen LogP contribution in [0.1, 0.15) is 31.8 Å². The highest BCUT2D eigenvalue weighted by Gasteiger charge is 2.27. The molecule has 0 aliphatic heterocycles. The molecule has 0 aromatic heterocycles. The van der Waals surface area contributed by atoms with Crippen molar-refractivity contribution in [3.05, 3.63) is 56.8 Å². The SMILES string of the molecule is Cc1c(C)c(C(=O)O)c(-c2ccc(F)cc2)c(C(=O)O)c1Br. The third-order valence-corrected chi connectivity index (χ3v) is 4.54. The third-order valence-electron chi connectivity index (χ3n) is 3.55. The number of carbonyl (C=O) groups is 2. The van der Waals surface area contributed by atoms with E-state index in [2.05, 4.69) is 15.9 Å². The van der Waals surface area contributed by atoms with Crippen molar-refractivity contribution in [2.45, 2.75) is 13.8 Å². The van der Waals surface area contributed by atoms with E-state index in [1.807, 2.05) is 0 Å². The first-order valence-electron chi connectivity index (χ1n) is 6.30. The maximum Gasteiger partial charge on any atom is 0.337 e. The van der Waals surface area contributed by atoms with Gasteiger partial charge in [-0.3, -0.25) is 0 Å². The van der Waals surface area contributed by atoms with E-state index >= 15 is 0 Å². The van der Waals surface area contributed by atoms with Gasteiger partial charge in [-0.25, -0.2) is 14.0 Å². The number of halogens is 2. The van der Waals surface area contributed by atoms with E-state index in [4.69, 9.17) is 0 Å². The first kappa shape index (κ1) is 16.2. The lowest BCUT2D eigenvalue weighted by Crippen LogP contribution is -2.12. The van der Waals surface area contributed by atoms with Gasteiger partial charge >= 0.3 is 11.9 Å². The molecule has 22 heavy (non-hydrogen) atoms. The molecular weight excluding hydrogens is 355 g/mol. The van der Waals surface area contributed by atoms with Gasteiger partial charge < -0.3 is 10.2 Å². The van der Waals surface area contributed by atoms with Crippen LogP contribution in [-0.4, -0.2) is 22.2 Å². The summed E-state index contributed by atoms with van der Waals surface area (Å²) in [6.07, 6.45) is 0. The molecular formula is C16H12BrFO4. The Balaban J connectivity index is 2.99. The van der Waals surface area contributed by atoms with E-state index in [0.29, 0.717) is 21.2 Å². The molecule has 0 radical (unpaired) electrons. The Labute approximate surface area is 134 Å². The fourth-order valence-corrected chi connectivity index (χ4v) is 3.00. The number of carboxylic acid groups (broad SMARTS) is 2. The standard InChI is InChI=1S/C16H12BrFO4/c1-7-8(2)14(17)13(16(21)22)12(11(7)15(19)20)9-3-5-10(18)6-4-9/h3-6H,1-2H3,(H,19,20)(H,21,22). The van der Waals surface area contributed by atoms with Crippen LogP contribution in [0.2, 0.25) is 0 Å². The van der Waals surface area contributed by atoms with E-state index in [-0.39, 0.29) is 16.7 Å². The molecule has 0 heterocycles. The predicted molar refractivity (Wildman–Crippen MR) is 82.9 cm³/mol. The highest BCUT2D eigenvalue weighted by Crippen LogP contribution is 2.38. The maximum absolute atomic E-state index is 13.1. The number of benzene rings is 2. The highest BCUT2D eigenvalue weighted by molar-refractivity contribution is 9.10. The molecule has 2 aromatic carbocycles. The molecule has 0 amide bonds. The highest BCUT2D eigenvalue weighted by atomic mass is 79.9. The van der Waals surface area contributed by atoms with Crippen molar-refractivity contribution < 1.29 is 24.2 Å². The normalized spacial score (nSPS) is 10.5. The number of hydrogen-bond donors (Lipinski definition) is 2. The van der Waals surface area contributed by atoms with Crippen LogP contribution < -0.4 is 0 Å². The van der Waals surface area contributed by atoms with Crippen LogP contribution in [0.15, 0.2) is 28.7 Å². The second-order valence-electron chi connectivity index (χ2n) is 4.81. The zero-order valence-corrected chi connectivity index (χ0v) is 13.4. The Hall–Kier alpha value is -2.21. The average molecular weight is 367 g/mol. The van der Waals surface area contributed by atoms with Crippen LogP contribution in [-0.2, 0) is 0 Å². The molecule has 0 bridgehead atoms. The van der Waals surface area contributed by atoms with Gasteiger partial charge in [0.2, 0.25) is 0 Å². The van der Waals surface area contributed by atoms with Gasteiger partial charge in [-0.2, -0.15) is 0 Å². The number of hydrogen-bond acceptors (Lipinski definition) is 2. The van der Waals surface area contributed by atoms with E-state index in [1.165, 1.54) is 12.1 Å². The minimum atomic E-state index is -1.25. The summed E-state index contributed by atoms with van der Waals surface area (Å²) in [6, 6.07) is 5.06. The van der Waals surface area contributed by atoms with Crippen LogP contribution in [0, 0.1) is 19.7 Å². The molecule has 2 N–H and O–H groups in total. The molecule has 0 spiro atoms. The van der Waals surface area contributed by atoms with Gasteiger partial charge in [-0.1, -0.05) is 12.1 Å². The summed E-state index contributed by atoms with van der Waals surface area (Å²) >= 11 is 3.23. The van der Waals surface area contributed by atoms with Crippen LogP contribution in [0.3, 0.4) is 0 Å². The average Bonchev–Trinajstić information content (AvgIpc) is 2.44. The molecule has 0 saturated carbocycles. The second kappa shape index (κ2) is 5.88. The summed E-state index contributed by atoms with van der Waals surface area (Å²) < 4.78 is 13.4. The van der Waals surface area contributed by atoms with Gasteiger partial charge in [0.15, 0.2) is 0 Å². The van der Waals surface area contributed by atoms with E-state index in [0.717, 1.165) is 12.1 Å². The quantitative estimate of drug-likeness (QED) is 0.850. The molecule has 0 fully saturated rings. The fraction of sp³-hybridized carbons (Fsp3) is 0.125. The summed E-state index contributed by atoms with van der Waals surface area (Å²) in [6.45, 7) is 3.26. The van der Waals surface area contributed by atoms with Crippen molar-refractivity contribution >= 4 is 27.9 Å². The van der Waals surface area contributed by atoms with Gasteiger partial charge in [-0.15, -0.1) is 0 Å². The molecule has 0 atom stereocenters. The molecule has 0 unspecified atom stereocenters. The first-order valence-corrected chi connectivity index (χ1v) is 7.10. The summed E-state index contributed by atoms with van der Waals surface area (Å²) in [5.41, 5.74) is 1.16. The smallest absolute Gasteiger partial charge is 0.337 e. The zero-order chi connectivity index (χ0) is 16.6. The Morgan fingerprint density at radius 1 is 0.955 bits per heavy atom. The third kappa shape index (κ3) is 2.62. The van der Waals surface area contributed by atoms with Crippen LogP contribution in [0.4, 0.5) is 4.39 Å². The van der Waals surface area contributed by atoms with E-state index in [9.17, 15) is 24.2 Å². The number of aromatic carboxylic acids is 2. The number of carboxylic acids is 2. The van der Waals surface area contributed by atoms with Crippen molar-refractivity contribution in [1.29, 1.82) is 0 Å². The maximum atomic E-state index is 13.1. The van der Waals surface area contributed by atoms with Crippen molar-refractivity contribution in [3.63, 3.8) is 0 Å². The van der Waals surface area contributed by atoms with Crippen LogP contribution in [0.5, 0.6) is 0 Å². The minimum absolute atomic E-state index is 0.0648. The van der Waals surface area contributed by atoms with Crippen molar-refractivity contribution in [1.82, 2.24) is 0 Å². The molecule has 114 valence electrons. The number of rotatable bonds is 3. The molecule has 2 aromatic rings. The van der Waals surface area contributed by atoms with Crippen LogP contribution >= 0.6 is 15.9 Å². The van der Waals surface area contributed by atoms with Gasteiger partial charge in [0.1, 0.15) is 5.82 Å². The van der Waals surface area contributed by atoms with Gasteiger partial charge in [-0.05, 0) is 58.6 Å². The summed E-state index contributed by atoms with van der Waals surface area (Å²) in [5.74, 6) is -2.97. The fourth-order valence-electron chi connectivity index (χ4n) is 2.34. The molecule has 0 aliphatic carbocycles. The lowest BCUT2D eigenvalue weighted by atomic mass is 9.88. The topological polar surface area (TPSA) is 74.6 Å². The predicted octanol–water partition coefficient (Wildman–Crippen LogP) is 4.27. The molecule has 2 rings (SSSR count). The van der Waals surface area contributed by atoms with Crippen molar-refractivity contribution in [3.8, 4) is 11.1 Å².